The summed E-state index contributed by atoms with van der Waals surface area (Å²) >= 11 is 7.63. The lowest BCUT2D eigenvalue weighted by Gasteiger charge is -2.31. The molecule has 0 aliphatic carbocycles. The number of imidazole rings is 1. The molecule has 0 fully saturated rings. The number of dihydropyridines is 1. The Labute approximate surface area is 197 Å². The number of carboxylic acid groups (broad SMARTS) is 1. The highest BCUT2D eigenvalue weighted by atomic mass is 35.5. The molecule has 0 saturated carbocycles. The molecule has 4 rings (SSSR count). The van der Waals surface area contributed by atoms with Gasteiger partial charge in [-0.05, 0) is 23.8 Å². The van der Waals surface area contributed by atoms with Crippen molar-refractivity contribution in [1.29, 1.82) is 0 Å². The first-order valence-electron chi connectivity index (χ1n) is 9.87. The van der Waals surface area contributed by atoms with Gasteiger partial charge in [0, 0.05) is 16.5 Å². The molecule has 0 amide bonds. The van der Waals surface area contributed by atoms with Crippen molar-refractivity contribution in [3.8, 4) is 0 Å². The lowest BCUT2D eigenvalue weighted by Crippen LogP contribution is -2.35. The van der Waals surface area contributed by atoms with Gasteiger partial charge in [-0.25, -0.2) is 19.0 Å². The molecule has 7 nitrogen and oxygen atoms in total. The number of para-hydroxylation sites is 2. The Balaban J connectivity index is 1.80. The van der Waals surface area contributed by atoms with Crippen molar-refractivity contribution in [3.63, 3.8) is 0 Å². The molecule has 3 aromatic rings. The molecule has 33 heavy (non-hydrogen) atoms. The zero-order valence-electron chi connectivity index (χ0n) is 17.4. The summed E-state index contributed by atoms with van der Waals surface area (Å²) in [7, 11) is 1.16. The molecule has 0 spiro atoms. The van der Waals surface area contributed by atoms with Crippen LogP contribution in [0.1, 0.15) is 11.5 Å². The monoisotopic (exact) mass is 487 g/mol. The van der Waals surface area contributed by atoms with Crippen molar-refractivity contribution in [1.82, 2.24) is 15.3 Å². The van der Waals surface area contributed by atoms with Crippen molar-refractivity contribution in [3.05, 3.63) is 81.7 Å². The van der Waals surface area contributed by atoms with Gasteiger partial charge in [-0.3, -0.25) is 0 Å². The summed E-state index contributed by atoms with van der Waals surface area (Å²) in [6.45, 7) is -1.02. The van der Waals surface area contributed by atoms with E-state index in [2.05, 4.69) is 15.3 Å². The number of methoxy groups -OCH3 is 1. The number of fused-ring (bicyclic) bond motifs is 1. The van der Waals surface area contributed by atoms with E-state index in [9.17, 15) is 19.1 Å². The zero-order valence-corrected chi connectivity index (χ0v) is 19.0. The number of esters is 1. The van der Waals surface area contributed by atoms with Crippen molar-refractivity contribution < 1.29 is 23.8 Å². The molecule has 2 heterocycles. The first-order chi connectivity index (χ1) is 15.9. The van der Waals surface area contributed by atoms with Gasteiger partial charge in [0.15, 0.2) is 5.16 Å². The summed E-state index contributed by atoms with van der Waals surface area (Å²) in [6.07, 6.45) is 0. The SMILES string of the molecule is COC(=O)C1=C(CF)NC(CSc2nc3ccccc3[nH]2)=C(C(=O)O)C1c1ccccc1Cl. The van der Waals surface area contributed by atoms with Crippen LogP contribution in [0.5, 0.6) is 0 Å². The van der Waals surface area contributed by atoms with E-state index in [4.69, 9.17) is 16.3 Å². The number of alkyl halides is 1. The van der Waals surface area contributed by atoms with Crippen LogP contribution in [0, 0.1) is 0 Å². The molecule has 0 radical (unpaired) electrons. The molecule has 10 heteroatoms. The number of nitrogens with one attached hydrogen (secondary N) is 2. The number of carbonyl (C=O) groups excluding carboxylic acids is 1. The molecule has 0 saturated heterocycles. The number of halogens is 2. The minimum Gasteiger partial charge on any atom is -0.478 e. The smallest absolute Gasteiger partial charge is 0.336 e. The number of allylic oxidation sites excluding steroid dienone is 1. The number of H-pyrrole nitrogens is 1. The van der Waals surface area contributed by atoms with Crippen molar-refractivity contribution >= 4 is 46.3 Å². The third kappa shape index (κ3) is 4.46. The second kappa shape index (κ2) is 9.68. The minimum atomic E-state index is -1.26. The van der Waals surface area contributed by atoms with E-state index in [1.807, 2.05) is 24.3 Å². The number of ether oxygens (including phenoxy) is 1. The fourth-order valence-corrected chi connectivity index (χ4v) is 4.89. The molecule has 3 N–H and O–H groups in total. The quantitative estimate of drug-likeness (QED) is 0.334. The maximum Gasteiger partial charge on any atom is 0.336 e. The summed E-state index contributed by atoms with van der Waals surface area (Å²) in [6, 6.07) is 14.1. The standard InChI is InChI=1S/C23H19ClFN3O4S/c1-32-22(31)20-16(10-25)26-17(11-33-23-27-14-8-4-5-9-15(14)28-23)19(21(29)30)18(20)12-6-2-3-7-13(12)24/h2-9,18,26H,10-11H2,1H3,(H,27,28)(H,29,30). The van der Waals surface area contributed by atoms with E-state index in [0.717, 1.165) is 18.1 Å². The normalized spacial score (nSPS) is 16.2. The molecule has 1 aromatic heterocycles. The van der Waals surface area contributed by atoms with Gasteiger partial charge in [0.2, 0.25) is 0 Å². The van der Waals surface area contributed by atoms with Gasteiger partial charge >= 0.3 is 11.9 Å². The second-order valence-electron chi connectivity index (χ2n) is 7.14. The zero-order chi connectivity index (χ0) is 23.5. The highest BCUT2D eigenvalue weighted by Gasteiger charge is 2.40. The number of hydrogen-bond donors (Lipinski definition) is 3. The van der Waals surface area contributed by atoms with Gasteiger partial charge in [0.25, 0.3) is 0 Å². The highest BCUT2D eigenvalue weighted by molar-refractivity contribution is 7.99. The Kier molecular flexibility index (Phi) is 6.71. The summed E-state index contributed by atoms with van der Waals surface area (Å²) in [4.78, 5) is 32.7. The maximum absolute atomic E-state index is 14.1. The van der Waals surface area contributed by atoms with Crippen molar-refractivity contribution in [2.45, 2.75) is 11.1 Å². The van der Waals surface area contributed by atoms with Gasteiger partial charge in [-0.15, -0.1) is 0 Å². The predicted octanol–water partition coefficient (Wildman–Crippen LogP) is 4.43. The van der Waals surface area contributed by atoms with E-state index in [-0.39, 0.29) is 33.3 Å². The number of thioether (sulfide) groups is 1. The lowest BCUT2D eigenvalue weighted by molar-refractivity contribution is -0.136. The number of aromatic amines is 1. The average molecular weight is 488 g/mol. The third-order valence-corrected chi connectivity index (χ3v) is 6.48. The maximum atomic E-state index is 14.1. The van der Waals surface area contributed by atoms with Crippen LogP contribution in [0.3, 0.4) is 0 Å². The van der Waals surface area contributed by atoms with Crippen molar-refractivity contribution in [2.75, 3.05) is 19.5 Å². The number of carbonyl (C=O) groups is 2. The lowest BCUT2D eigenvalue weighted by atomic mass is 9.80. The highest BCUT2D eigenvalue weighted by Crippen LogP contribution is 2.42. The number of aromatic nitrogens is 2. The van der Waals surface area contributed by atoms with E-state index in [1.165, 1.54) is 11.8 Å². The van der Waals surface area contributed by atoms with Gasteiger partial charge in [0.1, 0.15) is 6.67 Å². The third-order valence-electron chi connectivity index (χ3n) is 5.24. The van der Waals surface area contributed by atoms with E-state index < -0.39 is 24.5 Å². The minimum absolute atomic E-state index is 0.0584. The molecule has 1 aliphatic heterocycles. The van der Waals surface area contributed by atoms with Crippen LogP contribution in [0.4, 0.5) is 4.39 Å². The summed E-state index contributed by atoms with van der Waals surface area (Å²) in [5.41, 5.74) is 1.95. The molecule has 1 atom stereocenters. The van der Waals surface area contributed by atoms with Crippen LogP contribution in [0.2, 0.25) is 5.02 Å². The molecule has 1 unspecified atom stereocenters. The number of carboxylic acids is 1. The summed E-state index contributed by atoms with van der Waals surface area (Å²) < 4.78 is 18.9. The fourth-order valence-electron chi connectivity index (χ4n) is 3.79. The van der Waals surface area contributed by atoms with Crippen LogP contribution in [0.25, 0.3) is 11.0 Å². The van der Waals surface area contributed by atoms with Crippen LogP contribution >= 0.6 is 23.4 Å². The van der Waals surface area contributed by atoms with Crippen molar-refractivity contribution in [2.24, 2.45) is 0 Å². The number of hydrogen-bond acceptors (Lipinski definition) is 6. The molecular formula is C23H19ClFN3O4S. The number of rotatable bonds is 7. The first kappa shape index (κ1) is 22.9. The van der Waals surface area contributed by atoms with Crippen LogP contribution < -0.4 is 5.32 Å². The van der Waals surface area contributed by atoms with E-state index in [1.54, 1.807) is 24.3 Å². The Morgan fingerprint density at radius 1 is 1.15 bits per heavy atom. The van der Waals surface area contributed by atoms with Crippen LogP contribution in [-0.4, -0.2) is 46.6 Å². The molecule has 2 aromatic carbocycles. The van der Waals surface area contributed by atoms with E-state index in [0.29, 0.717) is 10.7 Å². The second-order valence-corrected chi connectivity index (χ2v) is 8.51. The first-order valence-corrected chi connectivity index (χ1v) is 11.2. The average Bonchev–Trinajstić information content (AvgIpc) is 3.24. The Morgan fingerprint density at radius 3 is 2.55 bits per heavy atom. The van der Waals surface area contributed by atoms with Gasteiger partial charge < -0.3 is 20.1 Å². The Bertz CT molecular complexity index is 1270. The molecule has 1 aliphatic rings. The topological polar surface area (TPSA) is 104 Å². The van der Waals surface area contributed by atoms with Gasteiger partial charge in [-0.1, -0.05) is 53.7 Å². The van der Waals surface area contributed by atoms with Gasteiger partial charge in [0.05, 0.1) is 40.9 Å². The van der Waals surface area contributed by atoms with Gasteiger partial charge in [-0.2, -0.15) is 0 Å². The Morgan fingerprint density at radius 2 is 1.88 bits per heavy atom. The van der Waals surface area contributed by atoms with Crippen LogP contribution in [-0.2, 0) is 14.3 Å². The fraction of sp³-hybridized carbons (Fsp3) is 0.174. The molecule has 0 bridgehead atoms. The number of aliphatic carboxylic acids is 1. The Hall–Kier alpha value is -3.30. The van der Waals surface area contributed by atoms with Crippen LogP contribution in [0.15, 0.2) is 76.2 Å². The summed E-state index contributed by atoms with van der Waals surface area (Å²) in [5, 5.41) is 13.8. The van der Waals surface area contributed by atoms with E-state index >= 15 is 0 Å². The predicted molar refractivity (Wildman–Crippen MR) is 124 cm³/mol. The summed E-state index contributed by atoms with van der Waals surface area (Å²) in [5.74, 6) is -3.06. The molecular weight excluding hydrogens is 469 g/mol. The number of benzene rings is 2. The molecule has 170 valence electrons. The largest absolute Gasteiger partial charge is 0.478 e. The number of nitrogens with zero attached hydrogens (tertiary/aromatic N) is 1.